The third-order valence-corrected chi connectivity index (χ3v) is 3.90. The van der Waals surface area contributed by atoms with Crippen molar-refractivity contribution in [3.8, 4) is 22.9 Å². The first-order chi connectivity index (χ1) is 10.6. The van der Waals surface area contributed by atoms with Gasteiger partial charge >= 0.3 is 0 Å². The number of benzene rings is 1. The molecule has 0 bridgehead atoms. The second-order valence-electron chi connectivity index (χ2n) is 5.16. The summed E-state index contributed by atoms with van der Waals surface area (Å²) in [6, 6.07) is 3.73. The lowest BCUT2D eigenvalue weighted by atomic mass is 10.1. The summed E-state index contributed by atoms with van der Waals surface area (Å²) < 4.78 is 17.5. The molecule has 2 aromatic rings. The molecule has 1 aromatic heterocycles. The first-order valence-corrected chi connectivity index (χ1v) is 7.65. The Kier molecular flexibility index (Phi) is 4.32. The van der Waals surface area contributed by atoms with Gasteiger partial charge in [-0.15, -0.1) is 0 Å². The van der Waals surface area contributed by atoms with Gasteiger partial charge in [-0.2, -0.15) is 4.98 Å². The summed E-state index contributed by atoms with van der Waals surface area (Å²) in [4.78, 5) is 6.45. The number of halogens is 1. The van der Waals surface area contributed by atoms with Crippen LogP contribution < -0.4 is 15.2 Å². The minimum absolute atomic E-state index is 0.125. The van der Waals surface area contributed by atoms with E-state index in [9.17, 15) is 0 Å². The highest BCUT2D eigenvalue weighted by Gasteiger charge is 2.28. The molecule has 1 aliphatic heterocycles. The largest absolute Gasteiger partial charge is 0.493 e. The molecule has 0 radical (unpaired) electrons. The maximum atomic E-state index is 6.09. The summed E-state index contributed by atoms with van der Waals surface area (Å²) in [7, 11) is 3.65. The van der Waals surface area contributed by atoms with E-state index in [1.165, 1.54) is 0 Å². The maximum Gasteiger partial charge on any atom is 0.240 e. The molecular weight excluding hydrogens is 352 g/mol. The van der Waals surface area contributed by atoms with Gasteiger partial charge < -0.3 is 19.7 Å². The molecule has 8 heteroatoms. The molecule has 7 nitrogen and oxygen atoms in total. The number of hydrogen-bond acceptors (Lipinski definition) is 7. The van der Waals surface area contributed by atoms with Crippen LogP contribution in [0.4, 0.5) is 0 Å². The highest BCUT2D eigenvalue weighted by atomic mass is 79.9. The fourth-order valence-electron chi connectivity index (χ4n) is 2.34. The first-order valence-electron chi connectivity index (χ1n) is 6.86. The second kappa shape index (κ2) is 6.23. The van der Waals surface area contributed by atoms with Crippen LogP contribution in [0, 0.1) is 0 Å². The minimum Gasteiger partial charge on any atom is -0.493 e. The third-order valence-electron chi connectivity index (χ3n) is 3.44. The lowest BCUT2D eigenvalue weighted by Gasteiger charge is -2.36. The maximum absolute atomic E-state index is 6.09. The van der Waals surface area contributed by atoms with E-state index in [0.717, 1.165) is 17.6 Å². The number of nitrogens with two attached hydrogens (primary N) is 1. The molecule has 0 amide bonds. The zero-order valence-corrected chi connectivity index (χ0v) is 14.0. The Bertz CT molecular complexity index is 670. The highest BCUT2D eigenvalue weighted by molar-refractivity contribution is 9.10. The molecular formula is C14H17BrN4O3. The van der Waals surface area contributed by atoms with Gasteiger partial charge in [0.1, 0.15) is 6.10 Å². The van der Waals surface area contributed by atoms with Crippen LogP contribution >= 0.6 is 15.9 Å². The number of rotatable bonds is 5. The molecule has 22 heavy (non-hydrogen) atoms. The van der Waals surface area contributed by atoms with E-state index in [4.69, 9.17) is 19.7 Å². The first kappa shape index (κ1) is 15.3. The number of nitrogens with zero attached hydrogens (tertiary/aromatic N) is 3. The molecule has 1 saturated heterocycles. The van der Waals surface area contributed by atoms with Crippen LogP contribution in [0.25, 0.3) is 11.4 Å². The number of likely N-dealkylation sites (N-methyl/N-ethyl adjacent to an activating group) is 1. The van der Waals surface area contributed by atoms with Crippen LogP contribution in [0.5, 0.6) is 11.5 Å². The number of aromatic nitrogens is 2. The topological polar surface area (TPSA) is 86.6 Å². The van der Waals surface area contributed by atoms with Crippen LogP contribution in [0.1, 0.15) is 5.89 Å². The van der Waals surface area contributed by atoms with Crippen LogP contribution in [-0.4, -0.2) is 48.4 Å². The summed E-state index contributed by atoms with van der Waals surface area (Å²) in [5, 5.41) is 3.97. The lowest BCUT2D eigenvalue weighted by molar-refractivity contribution is 0.0373. The molecule has 0 unspecified atom stereocenters. The summed E-state index contributed by atoms with van der Waals surface area (Å²) in [6.07, 6.45) is 0.125. The van der Waals surface area contributed by atoms with Gasteiger partial charge in [-0.3, -0.25) is 4.90 Å². The average Bonchev–Trinajstić information content (AvgIpc) is 2.95. The van der Waals surface area contributed by atoms with E-state index in [1.807, 2.05) is 19.2 Å². The van der Waals surface area contributed by atoms with Gasteiger partial charge in [0.05, 0.1) is 19.2 Å². The number of methoxy groups -OCH3 is 1. The van der Waals surface area contributed by atoms with Crippen molar-refractivity contribution in [2.75, 3.05) is 27.2 Å². The minimum atomic E-state index is 0.125. The third kappa shape index (κ3) is 2.94. The summed E-state index contributed by atoms with van der Waals surface area (Å²) in [5.41, 5.74) is 6.24. The van der Waals surface area contributed by atoms with E-state index in [2.05, 4.69) is 31.0 Å². The highest BCUT2D eigenvalue weighted by Crippen LogP contribution is 2.41. The van der Waals surface area contributed by atoms with Gasteiger partial charge in [-0.25, -0.2) is 0 Å². The Morgan fingerprint density at radius 1 is 1.45 bits per heavy atom. The van der Waals surface area contributed by atoms with Crippen molar-refractivity contribution in [3.05, 3.63) is 22.5 Å². The molecule has 3 rings (SSSR count). The fourth-order valence-corrected chi connectivity index (χ4v) is 2.77. The Balaban J connectivity index is 2.00. The molecule has 0 atom stereocenters. The van der Waals surface area contributed by atoms with Crippen LogP contribution in [0.2, 0.25) is 0 Å². The van der Waals surface area contributed by atoms with E-state index in [0.29, 0.717) is 28.8 Å². The average molecular weight is 369 g/mol. The Morgan fingerprint density at radius 2 is 2.23 bits per heavy atom. The summed E-state index contributed by atoms with van der Waals surface area (Å²) in [6.45, 7) is 1.94. The molecule has 0 saturated carbocycles. The molecule has 1 aromatic carbocycles. The van der Waals surface area contributed by atoms with Crippen molar-refractivity contribution < 1.29 is 14.0 Å². The van der Waals surface area contributed by atoms with Crippen molar-refractivity contribution in [1.82, 2.24) is 15.0 Å². The number of hydrogen-bond donors (Lipinski definition) is 1. The molecule has 2 N–H and O–H groups in total. The zero-order valence-electron chi connectivity index (χ0n) is 12.4. The fraction of sp³-hybridized carbons (Fsp3) is 0.429. The van der Waals surface area contributed by atoms with Crippen molar-refractivity contribution in [2.24, 2.45) is 5.73 Å². The molecule has 0 spiro atoms. The SMILES string of the molecule is COc1cc(Br)cc(-c2noc(CN)n2)c1OC1CN(C)C1. The molecule has 1 aliphatic rings. The molecule has 1 fully saturated rings. The Labute approximate surface area is 136 Å². The van der Waals surface area contributed by atoms with E-state index in [1.54, 1.807) is 7.11 Å². The smallest absolute Gasteiger partial charge is 0.240 e. The van der Waals surface area contributed by atoms with Crippen molar-refractivity contribution in [2.45, 2.75) is 12.6 Å². The van der Waals surface area contributed by atoms with Crippen LogP contribution in [0.15, 0.2) is 21.1 Å². The van der Waals surface area contributed by atoms with E-state index in [-0.39, 0.29) is 12.6 Å². The van der Waals surface area contributed by atoms with Gasteiger partial charge in [0, 0.05) is 17.6 Å². The lowest BCUT2D eigenvalue weighted by Crippen LogP contribution is -2.51. The normalized spacial score (nSPS) is 15.6. The van der Waals surface area contributed by atoms with Crippen molar-refractivity contribution in [1.29, 1.82) is 0 Å². The number of ether oxygens (including phenoxy) is 2. The Hall–Kier alpha value is -1.64. The summed E-state index contributed by atoms with van der Waals surface area (Å²) in [5.74, 6) is 2.05. The molecule has 118 valence electrons. The predicted molar refractivity (Wildman–Crippen MR) is 83.8 cm³/mol. The Morgan fingerprint density at radius 3 is 2.82 bits per heavy atom. The zero-order chi connectivity index (χ0) is 15.7. The molecule has 2 heterocycles. The number of likely N-dealkylation sites (tertiary alicyclic amines) is 1. The van der Waals surface area contributed by atoms with Crippen molar-refractivity contribution in [3.63, 3.8) is 0 Å². The second-order valence-corrected chi connectivity index (χ2v) is 6.08. The molecule has 0 aliphatic carbocycles. The van der Waals surface area contributed by atoms with E-state index < -0.39 is 0 Å². The van der Waals surface area contributed by atoms with Crippen LogP contribution in [0.3, 0.4) is 0 Å². The van der Waals surface area contributed by atoms with E-state index >= 15 is 0 Å². The van der Waals surface area contributed by atoms with Gasteiger partial charge in [-0.1, -0.05) is 21.1 Å². The van der Waals surface area contributed by atoms with Crippen LogP contribution in [-0.2, 0) is 6.54 Å². The summed E-state index contributed by atoms with van der Waals surface area (Å²) >= 11 is 3.46. The predicted octanol–water partition coefficient (Wildman–Crippen LogP) is 1.66. The standard InChI is InChI=1S/C14H17BrN4O3/c1-19-6-9(7-19)21-13-10(3-8(15)4-11(13)20-2)14-17-12(5-16)22-18-14/h3-4,9H,5-7,16H2,1-2H3. The van der Waals surface area contributed by atoms with Gasteiger partial charge in [0.2, 0.25) is 11.7 Å². The van der Waals surface area contributed by atoms with Gasteiger partial charge in [0.15, 0.2) is 11.5 Å². The van der Waals surface area contributed by atoms with Crippen molar-refractivity contribution >= 4 is 15.9 Å². The quantitative estimate of drug-likeness (QED) is 0.858. The van der Waals surface area contributed by atoms with Gasteiger partial charge in [0.25, 0.3) is 0 Å². The van der Waals surface area contributed by atoms with Gasteiger partial charge in [-0.05, 0) is 19.2 Å². The monoisotopic (exact) mass is 368 g/mol.